The van der Waals surface area contributed by atoms with E-state index < -0.39 is 0 Å². The molecule has 5 nitrogen and oxygen atoms in total. The van der Waals surface area contributed by atoms with Crippen molar-refractivity contribution in [3.05, 3.63) is 24.3 Å². The van der Waals surface area contributed by atoms with Crippen LogP contribution in [0.1, 0.15) is 13.3 Å². The highest BCUT2D eigenvalue weighted by atomic mass is 16.5. The maximum absolute atomic E-state index is 11.5. The minimum atomic E-state index is -0.154. The molecule has 1 amide bonds. The Kier molecular flexibility index (Phi) is 6.83. The largest absolute Gasteiger partial charge is 0.492 e. The zero-order chi connectivity index (χ0) is 13.2. The van der Waals surface area contributed by atoms with Crippen LogP contribution in [0.25, 0.3) is 0 Å². The first kappa shape index (κ1) is 14.5. The van der Waals surface area contributed by atoms with Crippen LogP contribution >= 0.6 is 0 Å². The van der Waals surface area contributed by atoms with E-state index in [1.807, 2.05) is 6.92 Å². The molecule has 100 valence electrons. The minimum Gasteiger partial charge on any atom is -0.492 e. The quantitative estimate of drug-likeness (QED) is 0.686. The molecule has 0 aliphatic heterocycles. The van der Waals surface area contributed by atoms with Crippen molar-refractivity contribution in [3.8, 4) is 5.75 Å². The van der Waals surface area contributed by atoms with Gasteiger partial charge in [0.05, 0.1) is 0 Å². The van der Waals surface area contributed by atoms with Crippen LogP contribution < -0.4 is 15.8 Å². The lowest BCUT2D eigenvalue weighted by atomic mass is 10.3. The Morgan fingerprint density at radius 2 is 2.00 bits per heavy atom. The van der Waals surface area contributed by atoms with Gasteiger partial charge in [0.25, 0.3) is 0 Å². The number of benzene rings is 1. The molecule has 3 N–H and O–H groups in total. The number of carbonyl (C=O) groups excluding carboxylic acids is 1. The van der Waals surface area contributed by atoms with Crippen molar-refractivity contribution in [1.82, 2.24) is 0 Å². The second kappa shape index (κ2) is 8.49. The predicted octanol–water partition coefficient (Wildman–Crippen LogP) is 1.39. The Bertz CT molecular complexity index is 352. The van der Waals surface area contributed by atoms with Crippen LogP contribution in [0.5, 0.6) is 5.75 Å². The van der Waals surface area contributed by atoms with Crippen LogP contribution in [0.3, 0.4) is 0 Å². The Morgan fingerprint density at radius 3 is 2.61 bits per heavy atom. The SMILES string of the molecule is CCCOCC(=O)Nc1ccc(OCCN)cc1. The molecule has 0 bridgehead atoms. The molecule has 1 aromatic carbocycles. The number of anilines is 1. The summed E-state index contributed by atoms with van der Waals surface area (Å²) in [6.45, 7) is 3.64. The zero-order valence-corrected chi connectivity index (χ0v) is 10.6. The average molecular weight is 252 g/mol. The Balaban J connectivity index is 2.35. The van der Waals surface area contributed by atoms with Crippen molar-refractivity contribution in [2.24, 2.45) is 5.73 Å². The summed E-state index contributed by atoms with van der Waals surface area (Å²) in [4.78, 5) is 11.5. The van der Waals surface area contributed by atoms with Gasteiger partial charge in [-0.3, -0.25) is 4.79 Å². The van der Waals surface area contributed by atoms with E-state index in [4.69, 9.17) is 15.2 Å². The molecule has 0 unspecified atom stereocenters. The van der Waals surface area contributed by atoms with Gasteiger partial charge in [-0.05, 0) is 30.7 Å². The van der Waals surface area contributed by atoms with E-state index in [0.717, 1.165) is 17.9 Å². The third kappa shape index (κ3) is 5.65. The zero-order valence-electron chi connectivity index (χ0n) is 10.6. The predicted molar refractivity (Wildman–Crippen MR) is 70.7 cm³/mol. The molecule has 18 heavy (non-hydrogen) atoms. The molecule has 0 spiro atoms. The highest BCUT2D eigenvalue weighted by Gasteiger charge is 2.02. The fourth-order valence-electron chi connectivity index (χ4n) is 1.32. The van der Waals surface area contributed by atoms with Crippen molar-refractivity contribution in [2.75, 3.05) is 31.7 Å². The van der Waals surface area contributed by atoms with Crippen molar-refractivity contribution < 1.29 is 14.3 Å². The summed E-state index contributed by atoms with van der Waals surface area (Å²) in [6.07, 6.45) is 0.903. The summed E-state index contributed by atoms with van der Waals surface area (Å²) < 4.78 is 10.5. The molecule has 0 heterocycles. The summed E-state index contributed by atoms with van der Waals surface area (Å²) >= 11 is 0. The van der Waals surface area contributed by atoms with Crippen LogP contribution in [0, 0.1) is 0 Å². The number of hydrogen-bond acceptors (Lipinski definition) is 4. The van der Waals surface area contributed by atoms with Gasteiger partial charge in [-0.15, -0.1) is 0 Å². The standard InChI is InChI=1S/C13H20N2O3/c1-2-8-17-10-13(16)15-11-3-5-12(6-4-11)18-9-7-14/h3-6H,2,7-10,14H2,1H3,(H,15,16). The maximum Gasteiger partial charge on any atom is 0.250 e. The Labute approximate surface area is 107 Å². The number of ether oxygens (including phenoxy) is 2. The molecule has 0 saturated heterocycles. The normalized spacial score (nSPS) is 10.1. The molecule has 1 aromatic rings. The first-order valence-corrected chi connectivity index (χ1v) is 6.06. The molecule has 5 heteroatoms. The topological polar surface area (TPSA) is 73.6 Å². The number of carbonyl (C=O) groups is 1. The van der Waals surface area contributed by atoms with Gasteiger partial charge in [0.2, 0.25) is 5.91 Å². The van der Waals surface area contributed by atoms with E-state index in [1.54, 1.807) is 24.3 Å². The van der Waals surface area contributed by atoms with Crippen LogP contribution in [0.4, 0.5) is 5.69 Å². The lowest BCUT2D eigenvalue weighted by molar-refractivity contribution is -0.120. The molecule has 0 atom stereocenters. The second-order valence-electron chi connectivity index (χ2n) is 3.76. The van der Waals surface area contributed by atoms with E-state index in [9.17, 15) is 4.79 Å². The van der Waals surface area contributed by atoms with Crippen LogP contribution in [-0.4, -0.2) is 32.3 Å². The molecule has 1 rings (SSSR count). The molecule has 0 aliphatic carbocycles. The van der Waals surface area contributed by atoms with Crippen molar-refractivity contribution >= 4 is 11.6 Å². The van der Waals surface area contributed by atoms with Gasteiger partial charge >= 0.3 is 0 Å². The van der Waals surface area contributed by atoms with Crippen LogP contribution in [0.15, 0.2) is 24.3 Å². The number of hydrogen-bond donors (Lipinski definition) is 2. The van der Waals surface area contributed by atoms with E-state index in [0.29, 0.717) is 19.8 Å². The summed E-state index contributed by atoms with van der Waals surface area (Å²) in [6, 6.07) is 7.14. The highest BCUT2D eigenvalue weighted by molar-refractivity contribution is 5.91. The lowest BCUT2D eigenvalue weighted by Gasteiger charge is -2.07. The third-order valence-electron chi connectivity index (χ3n) is 2.11. The van der Waals surface area contributed by atoms with Crippen molar-refractivity contribution in [1.29, 1.82) is 0 Å². The molecular formula is C13H20N2O3. The third-order valence-corrected chi connectivity index (χ3v) is 2.11. The molecular weight excluding hydrogens is 232 g/mol. The van der Waals surface area contributed by atoms with Gasteiger partial charge in [0.1, 0.15) is 19.0 Å². The van der Waals surface area contributed by atoms with Gasteiger partial charge < -0.3 is 20.5 Å². The summed E-state index contributed by atoms with van der Waals surface area (Å²) in [7, 11) is 0. The van der Waals surface area contributed by atoms with Gasteiger partial charge in [-0.1, -0.05) is 6.92 Å². The molecule has 0 radical (unpaired) electrons. The van der Waals surface area contributed by atoms with Gasteiger partial charge in [-0.2, -0.15) is 0 Å². The fraction of sp³-hybridized carbons (Fsp3) is 0.462. The highest BCUT2D eigenvalue weighted by Crippen LogP contribution is 2.15. The summed E-state index contributed by atoms with van der Waals surface area (Å²) in [5.41, 5.74) is 6.06. The van der Waals surface area contributed by atoms with E-state index in [2.05, 4.69) is 5.32 Å². The Morgan fingerprint density at radius 1 is 1.28 bits per heavy atom. The molecule has 0 saturated carbocycles. The van der Waals surface area contributed by atoms with E-state index in [1.165, 1.54) is 0 Å². The van der Waals surface area contributed by atoms with Gasteiger partial charge in [0, 0.05) is 18.8 Å². The van der Waals surface area contributed by atoms with Crippen molar-refractivity contribution in [2.45, 2.75) is 13.3 Å². The van der Waals surface area contributed by atoms with Gasteiger partial charge in [0.15, 0.2) is 0 Å². The average Bonchev–Trinajstić information content (AvgIpc) is 2.38. The summed E-state index contributed by atoms with van der Waals surface area (Å²) in [5, 5.41) is 2.74. The minimum absolute atomic E-state index is 0.0826. The van der Waals surface area contributed by atoms with Crippen LogP contribution in [-0.2, 0) is 9.53 Å². The second-order valence-corrected chi connectivity index (χ2v) is 3.76. The monoisotopic (exact) mass is 252 g/mol. The van der Waals surface area contributed by atoms with Crippen LogP contribution in [0.2, 0.25) is 0 Å². The number of amides is 1. The fourth-order valence-corrected chi connectivity index (χ4v) is 1.32. The number of nitrogens with two attached hydrogens (primary N) is 1. The van der Waals surface area contributed by atoms with E-state index in [-0.39, 0.29) is 12.5 Å². The van der Waals surface area contributed by atoms with Gasteiger partial charge in [-0.25, -0.2) is 0 Å². The molecule has 0 aromatic heterocycles. The smallest absolute Gasteiger partial charge is 0.250 e. The van der Waals surface area contributed by atoms with Crippen molar-refractivity contribution in [3.63, 3.8) is 0 Å². The number of nitrogens with one attached hydrogen (secondary N) is 1. The van der Waals surface area contributed by atoms with E-state index >= 15 is 0 Å². The first-order valence-electron chi connectivity index (χ1n) is 6.06. The maximum atomic E-state index is 11.5. The molecule has 0 fully saturated rings. The first-order chi connectivity index (χ1) is 8.76. The summed E-state index contributed by atoms with van der Waals surface area (Å²) in [5.74, 6) is 0.583. The molecule has 0 aliphatic rings. The Hall–Kier alpha value is -1.59. The lowest BCUT2D eigenvalue weighted by Crippen LogP contribution is -2.18. The number of rotatable bonds is 8.